The van der Waals surface area contributed by atoms with E-state index in [1.54, 1.807) is 12.1 Å². The van der Waals surface area contributed by atoms with E-state index in [2.05, 4.69) is 29.3 Å². The van der Waals surface area contributed by atoms with Gasteiger partial charge in [-0.3, -0.25) is 4.79 Å². The SMILES string of the molecule is CCCCCCCCCCOc1ccc(C(=O)NN=CC#Cc2ccccc2)cc1. The molecule has 0 aliphatic carbocycles. The van der Waals surface area contributed by atoms with Gasteiger partial charge in [-0.15, -0.1) is 0 Å². The first-order valence-corrected chi connectivity index (χ1v) is 10.9. The van der Waals surface area contributed by atoms with Gasteiger partial charge in [0, 0.05) is 11.1 Å². The molecule has 0 fully saturated rings. The Labute approximate surface area is 180 Å². The van der Waals surface area contributed by atoms with Gasteiger partial charge in [0.15, 0.2) is 0 Å². The lowest BCUT2D eigenvalue weighted by atomic mass is 10.1. The Kier molecular flexibility index (Phi) is 11.5. The number of unbranched alkanes of at least 4 members (excludes halogenated alkanes) is 7. The van der Waals surface area contributed by atoms with Crippen molar-refractivity contribution in [2.75, 3.05) is 6.61 Å². The minimum atomic E-state index is -0.276. The number of nitrogens with one attached hydrogen (secondary N) is 1. The van der Waals surface area contributed by atoms with Crippen LogP contribution in [0.5, 0.6) is 5.75 Å². The van der Waals surface area contributed by atoms with Crippen LogP contribution in [0.25, 0.3) is 0 Å². The second-order valence-corrected chi connectivity index (χ2v) is 7.18. The predicted octanol–water partition coefficient (Wildman–Crippen LogP) is 5.97. The second-order valence-electron chi connectivity index (χ2n) is 7.18. The first-order chi connectivity index (χ1) is 14.8. The van der Waals surface area contributed by atoms with Crippen LogP contribution < -0.4 is 10.2 Å². The lowest BCUT2D eigenvalue weighted by Gasteiger charge is -2.07. The number of hydrogen-bond acceptors (Lipinski definition) is 3. The fourth-order valence-electron chi connectivity index (χ4n) is 2.95. The largest absolute Gasteiger partial charge is 0.494 e. The molecule has 0 aliphatic heterocycles. The topological polar surface area (TPSA) is 50.7 Å². The summed E-state index contributed by atoms with van der Waals surface area (Å²) in [5.41, 5.74) is 3.91. The molecule has 0 bridgehead atoms. The van der Waals surface area contributed by atoms with Gasteiger partial charge >= 0.3 is 0 Å². The van der Waals surface area contributed by atoms with E-state index in [1.165, 1.54) is 51.2 Å². The summed E-state index contributed by atoms with van der Waals surface area (Å²) in [6.45, 7) is 2.96. The number of hydrogen-bond donors (Lipinski definition) is 1. The third kappa shape index (κ3) is 9.93. The van der Waals surface area contributed by atoms with Crippen LogP contribution in [-0.4, -0.2) is 18.7 Å². The summed E-state index contributed by atoms with van der Waals surface area (Å²) in [7, 11) is 0. The maximum atomic E-state index is 12.1. The molecule has 2 rings (SSSR count). The number of rotatable bonds is 12. The van der Waals surface area contributed by atoms with Crippen molar-refractivity contribution in [2.45, 2.75) is 58.3 Å². The molecular formula is C26H32N2O2. The molecule has 0 atom stereocenters. The van der Waals surface area contributed by atoms with E-state index < -0.39 is 0 Å². The summed E-state index contributed by atoms with van der Waals surface area (Å²) in [5.74, 6) is 6.24. The minimum absolute atomic E-state index is 0.276. The molecule has 0 unspecified atom stereocenters. The first-order valence-electron chi connectivity index (χ1n) is 10.9. The number of nitrogens with zero attached hydrogens (tertiary/aromatic N) is 1. The van der Waals surface area contributed by atoms with Gasteiger partial charge in [-0.05, 0) is 48.7 Å². The Morgan fingerprint density at radius 1 is 0.933 bits per heavy atom. The molecule has 0 heterocycles. The number of ether oxygens (including phenoxy) is 1. The summed E-state index contributed by atoms with van der Waals surface area (Å²) in [6, 6.07) is 16.7. The minimum Gasteiger partial charge on any atom is -0.494 e. The first kappa shape index (κ1) is 23.2. The molecule has 1 N–H and O–H groups in total. The smallest absolute Gasteiger partial charge is 0.271 e. The molecule has 0 aromatic heterocycles. The van der Waals surface area contributed by atoms with Crippen molar-refractivity contribution >= 4 is 12.1 Å². The Balaban J connectivity index is 1.62. The van der Waals surface area contributed by atoms with Gasteiger partial charge in [0.1, 0.15) is 5.75 Å². The Hall–Kier alpha value is -3.06. The predicted molar refractivity (Wildman–Crippen MR) is 124 cm³/mol. The summed E-state index contributed by atoms with van der Waals surface area (Å²) >= 11 is 0. The molecule has 0 radical (unpaired) electrons. The van der Waals surface area contributed by atoms with Crippen LogP contribution in [0.4, 0.5) is 0 Å². The molecular weight excluding hydrogens is 372 g/mol. The van der Waals surface area contributed by atoms with E-state index in [9.17, 15) is 4.79 Å². The number of amides is 1. The highest BCUT2D eigenvalue weighted by Crippen LogP contribution is 2.14. The molecule has 0 spiro atoms. The number of carbonyl (C=O) groups excluding carboxylic acids is 1. The lowest BCUT2D eigenvalue weighted by Crippen LogP contribution is -2.17. The quantitative estimate of drug-likeness (QED) is 0.205. The van der Waals surface area contributed by atoms with Gasteiger partial charge in [-0.1, -0.05) is 76.0 Å². The van der Waals surface area contributed by atoms with Crippen molar-refractivity contribution in [3.05, 3.63) is 65.7 Å². The summed E-state index contributed by atoms with van der Waals surface area (Å²) in [5, 5.41) is 3.86. The normalized spacial score (nSPS) is 10.4. The van der Waals surface area contributed by atoms with E-state index in [1.807, 2.05) is 42.5 Å². The van der Waals surface area contributed by atoms with Crippen LogP contribution in [0.2, 0.25) is 0 Å². The van der Waals surface area contributed by atoms with Crippen LogP contribution >= 0.6 is 0 Å². The van der Waals surface area contributed by atoms with Crippen LogP contribution in [0, 0.1) is 11.8 Å². The van der Waals surface area contributed by atoms with E-state index in [0.29, 0.717) is 12.2 Å². The van der Waals surface area contributed by atoms with Crippen LogP contribution in [0.3, 0.4) is 0 Å². The highest BCUT2D eigenvalue weighted by atomic mass is 16.5. The standard InChI is InChI=1S/C26H32N2O2/c1-2-3-4-5-6-7-8-12-22-30-25-19-17-24(18-20-25)26(29)28-27-21-13-16-23-14-10-9-11-15-23/h9-11,14-15,17-21H,2-8,12,22H2,1H3,(H,28,29). The highest BCUT2D eigenvalue weighted by molar-refractivity contribution is 5.94. The molecule has 30 heavy (non-hydrogen) atoms. The van der Waals surface area contributed by atoms with Crippen molar-refractivity contribution in [3.63, 3.8) is 0 Å². The third-order valence-corrected chi connectivity index (χ3v) is 4.67. The molecule has 0 saturated heterocycles. The number of hydrazone groups is 1. The maximum absolute atomic E-state index is 12.1. The fourth-order valence-corrected chi connectivity index (χ4v) is 2.95. The molecule has 1 amide bonds. The summed E-state index contributed by atoms with van der Waals surface area (Å²) < 4.78 is 5.76. The van der Waals surface area contributed by atoms with Gasteiger partial charge in [-0.2, -0.15) is 5.10 Å². The number of benzene rings is 2. The van der Waals surface area contributed by atoms with Crippen molar-refractivity contribution in [1.29, 1.82) is 0 Å². The number of carbonyl (C=O) groups is 1. The molecule has 158 valence electrons. The molecule has 4 heteroatoms. The zero-order chi connectivity index (χ0) is 21.3. The molecule has 0 aliphatic rings. The lowest BCUT2D eigenvalue weighted by molar-refractivity contribution is 0.0955. The van der Waals surface area contributed by atoms with E-state index in [4.69, 9.17) is 4.74 Å². The molecule has 2 aromatic carbocycles. The maximum Gasteiger partial charge on any atom is 0.271 e. The summed E-state index contributed by atoms with van der Waals surface area (Å²) in [4.78, 5) is 12.1. The van der Waals surface area contributed by atoms with Crippen molar-refractivity contribution < 1.29 is 9.53 Å². The van der Waals surface area contributed by atoms with Crippen LogP contribution in [0.1, 0.15) is 74.2 Å². The second kappa shape index (κ2) is 14.9. The van der Waals surface area contributed by atoms with Gasteiger partial charge in [0.05, 0.1) is 12.8 Å². The van der Waals surface area contributed by atoms with Gasteiger partial charge < -0.3 is 4.74 Å². The molecule has 0 saturated carbocycles. The zero-order valence-electron chi connectivity index (χ0n) is 17.9. The highest BCUT2D eigenvalue weighted by Gasteiger charge is 2.04. The summed E-state index contributed by atoms with van der Waals surface area (Å²) in [6.07, 6.45) is 11.6. The average molecular weight is 405 g/mol. The van der Waals surface area contributed by atoms with Crippen molar-refractivity contribution in [1.82, 2.24) is 5.43 Å². The van der Waals surface area contributed by atoms with Crippen molar-refractivity contribution in [3.8, 4) is 17.6 Å². The molecule has 2 aromatic rings. The third-order valence-electron chi connectivity index (χ3n) is 4.67. The van der Waals surface area contributed by atoms with Crippen LogP contribution in [0.15, 0.2) is 59.7 Å². The van der Waals surface area contributed by atoms with Gasteiger partial charge in [0.2, 0.25) is 0 Å². The van der Waals surface area contributed by atoms with E-state index >= 15 is 0 Å². The Morgan fingerprint density at radius 3 is 2.30 bits per heavy atom. The van der Waals surface area contributed by atoms with E-state index in [-0.39, 0.29) is 5.91 Å². The Morgan fingerprint density at radius 2 is 1.60 bits per heavy atom. The average Bonchev–Trinajstić information content (AvgIpc) is 2.79. The van der Waals surface area contributed by atoms with Crippen molar-refractivity contribution in [2.24, 2.45) is 5.10 Å². The molecule has 4 nitrogen and oxygen atoms in total. The van der Waals surface area contributed by atoms with E-state index in [0.717, 1.165) is 17.7 Å². The monoisotopic (exact) mass is 404 g/mol. The fraction of sp³-hybridized carbons (Fsp3) is 0.385. The Bertz CT molecular complexity index is 818. The van der Waals surface area contributed by atoms with Gasteiger partial charge in [0.25, 0.3) is 5.91 Å². The zero-order valence-corrected chi connectivity index (χ0v) is 17.9. The van der Waals surface area contributed by atoms with Crippen LogP contribution in [-0.2, 0) is 0 Å². The van der Waals surface area contributed by atoms with Gasteiger partial charge in [-0.25, -0.2) is 5.43 Å².